The highest BCUT2D eigenvalue weighted by Gasteiger charge is 2.36. The van der Waals surface area contributed by atoms with E-state index in [1.807, 2.05) is 35.2 Å². The molecule has 3 atom stereocenters. The van der Waals surface area contributed by atoms with Gasteiger partial charge in [0, 0.05) is 30.9 Å². The molecule has 1 amide bonds. The fourth-order valence-electron chi connectivity index (χ4n) is 4.16. The molecule has 0 aliphatic carbocycles. The molecule has 0 radical (unpaired) electrons. The van der Waals surface area contributed by atoms with Crippen molar-refractivity contribution >= 4 is 11.6 Å². The number of nitrogens with zero attached hydrogens (tertiary/aromatic N) is 2. The highest BCUT2D eigenvalue weighted by atomic mass is 16.2. The Hall–Kier alpha value is -2.39. The minimum Gasteiger partial charge on any atom is -0.305 e. The first kappa shape index (κ1) is 19.4. The van der Waals surface area contributed by atoms with E-state index in [4.69, 9.17) is 0 Å². The lowest BCUT2D eigenvalue weighted by atomic mass is 9.87. The molecule has 0 bridgehead atoms. The Morgan fingerprint density at radius 1 is 1.11 bits per heavy atom. The van der Waals surface area contributed by atoms with Gasteiger partial charge in [0.2, 0.25) is 0 Å². The minimum atomic E-state index is -0.0111. The Morgan fingerprint density at radius 2 is 1.74 bits per heavy atom. The molecule has 3 unspecified atom stereocenters. The molecule has 0 saturated carbocycles. The summed E-state index contributed by atoms with van der Waals surface area (Å²) in [6, 6.07) is 21.3. The van der Waals surface area contributed by atoms with Crippen LogP contribution in [0.15, 0.2) is 73.3 Å². The van der Waals surface area contributed by atoms with Gasteiger partial charge in [-0.05, 0) is 49.5 Å². The first-order valence-electron chi connectivity index (χ1n) is 9.88. The van der Waals surface area contributed by atoms with E-state index in [2.05, 4.69) is 55.7 Å². The van der Waals surface area contributed by atoms with Crippen molar-refractivity contribution in [3.8, 4) is 0 Å². The average Bonchev–Trinajstić information content (AvgIpc) is 2.71. The molecule has 1 aliphatic rings. The first-order chi connectivity index (χ1) is 13.1. The molecule has 3 heteroatoms. The number of para-hydroxylation sites is 1. The van der Waals surface area contributed by atoms with E-state index in [0.29, 0.717) is 12.0 Å². The normalized spacial score (nSPS) is 23.0. The number of likely N-dealkylation sites (tertiary alicyclic amines) is 1. The van der Waals surface area contributed by atoms with Gasteiger partial charge in [-0.15, -0.1) is 0 Å². The van der Waals surface area contributed by atoms with Crippen molar-refractivity contribution in [3.63, 3.8) is 0 Å². The second kappa shape index (κ2) is 9.01. The monoisotopic (exact) mass is 362 g/mol. The quantitative estimate of drug-likeness (QED) is 0.704. The van der Waals surface area contributed by atoms with Crippen LogP contribution < -0.4 is 4.90 Å². The summed E-state index contributed by atoms with van der Waals surface area (Å²) < 4.78 is 0. The van der Waals surface area contributed by atoms with Crippen molar-refractivity contribution in [2.45, 2.75) is 38.8 Å². The van der Waals surface area contributed by atoms with Gasteiger partial charge in [0.25, 0.3) is 5.91 Å². The van der Waals surface area contributed by atoms with Gasteiger partial charge in [-0.2, -0.15) is 0 Å². The van der Waals surface area contributed by atoms with E-state index in [9.17, 15) is 4.79 Å². The van der Waals surface area contributed by atoms with Gasteiger partial charge >= 0.3 is 0 Å². The third kappa shape index (κ3) is 4.67. The SMILES string of the molecule is C=CC(=O)N(c1ccccc1)C1CC(C)N(CCc2ccccc2)CC1C. The molecular formula is C24H30N2O. The number of rotatable bonds is 6. The van der Waals surface area contributed by atoms with Crippen LogP contribution in [0.1, 0.15) is 25.8 Å². The standard InChI is InChI=1S/C24H30N2O/c1-4-24(27)26(22-13-9-6-10-14-22)23-17-20(3)25(18-19(23)2)16-15-21-11-7-5-8-12-21/h4-14,19-20,23H,1,15-18H2,2-3H3. The lowest BCUT2D eigenvalue weighted by molar-refractivity contribution is -0.115. The van der Waals surface area contributed by atoms with Gasteiger partial charge in [0.1, 0.15) is 0 Å². The Morgan fingerprint density at radius 3 is 2.37 bits per heavy atom. The smallest absolute Gasteiger partial charge is 0.250 e. The van der Waals surface area contributed by atoms with Crippen LogP contribution in [0.25, 0.3) is 0 Å². The molecule has 0 spiro atoms. The molecule has 1 saturated heterocycles. The molecule has 27 heavy (non-hydrogen) atoms. The highest BCUT2D eigenvalue weighted by Crippen LogP contribution is 2.30. The van der Waals surface area contributed by atoms with Gasteiger partial charge in [0.05, 0.1) is 0 Å². The summed E-state index contributed by atoms with van der Waals surface area (Å²) in [5, 5.41) is 0. The summed E-state index contributed by atoms with van der Waals surface area (Å²) in [5.41, 5.74) is 2.34. The molecule has 0 aromatic heterocycles. The van der Waals surface area contributed by atoms with Crippen LogP contribution in [0.2, 0.25) is 0 Å². The molecule has 1 fully saturated rings. The summed E-state index contributed by atoms with van der Waals surface area (Å²) in [5.74, 6) is 0.393. The third-order valence-electron chi connectivity index (χ3n) is 5.69. The Kier molecular flexibility index (Phi) is 6.46. The number of amides is 1. The average molecular weight is 363 g/mol. The maximum Gasteiger partial charge on any atom is 0.250 e. The predicted molar refractivity (Wildman–Crippen MR) is 113 cm³/mol. The van der Waals surface area contributed by atoms with Crippen molar-refractivity contribution < 1.29 is 4.79 Å². The van der Waals surface area contributed by atoms with Gasteiger partial charge in [0.15, 0.2) is 0 Å². The summed E-state index contributed by atoms with van der Waals surface area (Å²) in [6.07, 6.45) is 3.48. The number of anilines is 1. The van der Waals surface area contributed by atoms with E-state index >= 15 is 0 Å². The van der Waals surface area contributed by atoms with Crippen molar-refractivity contribution in [2.75, 3.05) is 18.0 Å². The molecular weight excluding hydrogens is 332 g/mol. The zero-order valence-electron chi connectivity index (χ0n) is 16.4. The third-order valence-corrected chi connectivity index (χ3v) is 5.69. The van der Waals surface area contributed by atoms with Crippen LogP contribution in [-0.4, -0.2) is 36.0 Å². The molecule has 1 heterocycles. The predicted octanol–water partition coefficient (Wildman–Crippen LogP) is 4.55. The number of piperidine rings is 1. The summed E-state index contributed by atoms with van der Waals surface area (Å²) in [7, 11) is 0. The van der Waals surface area contributed by atoms with E-state index in [1.54, 1.807) is 0 Å². The zero-order chi connectivity index (χ0) is 19.2. The maximum atomic E-state index is 12.7. The Balaban J connectivity index is 1.71. The van der Waals surface area contributed by atoms with Gasteiger partial charge in [-0.25, -0.2) is 0 Å². The molecule has 2 aromatic carbocycles. The molecule has 3 nitrogen and oxygen atoms in total. The molecule has 2 aromatic rings. The van der Waals surface area contributed by atoms with Crippen molar-refractivity contribution in [3.05, 3.63) is 78.9 Å². The topological polar surface area (TPSA) is 23.6 Å². The second-order valence-electron chi connectivity index (χ2n) is 7.61. The van der Waals surface area contributed by atoms with Crippen molar-refractivity contribution in [1.82, 2.24) is 4.90 Å². The van der Waals surface area contributed by atoms with Gasteiger partial charge in [-0.1, -0.05) is 62.0 Å². The van der Waals surface area contributed by atoms with Crippen LogP contribution in [0, 0.1) is 5.92 Å². The van der Waals surface area contributed by atoms with E-state index in [1.165, 1.54) is 11.6 Å². The molecule has 142 valence electrons. The first-order valence-corrected chi connectivity index (χ1v) is 9.88. The fourth-order valence-corrected chi connectivity index (χ4v) is 4.16. The van der Waals surface area contributed by atoms with Crippen molar-refractivity contribution in [2.24, 2.45) is 5.92 Å². The molecule has 0 N–H and O–H groups in total. The number of carbonyl (C=O) groups is 1. The largest absolute Gasteiger partial charge is 0.305 e. The summed E-state index contributed by atoms with van der Waals surface area (Å²) in [4.78, 5) is 17.2. The summed E-state index contributed by atoms with van der Waals surface area (Å²) in [6.45, 7) is 10.3. The lowest BCUT2D eigenvalue weighted by Crippen LogP contribution is -2.55. The maximum absolute atomic E-state index is 12.7. The number of benzene rings is 2. The van der Waals surface area contributed by atoms with E-state index < -0.39 is 0 Å². The fraction of sp³-hybridized carbons (Fsp3) is 0.375. The number of hydrogen-bond acceptors (Lipinski definition) is 2. The zero-order valence-corrected chi connectivity index (χ0v) is 16.4. The highest BCUT2D eigenvalue weighted by molar-refractivity contribution is 6.01. The van der Waals surface area contributed by atoms with Gasteiger partial charge < -0.3 is 4.90 Å². The van der Waals surface area contributed by atoms with Crippen molar-refractivity contribution in [1.29, 1.82) is 0 Å². The lowest BCUT2D eigenvalue weighted by Gasteiger charge is -2.46. The van der Waals surface area contributed by atoms with Crippen LogP contribution >= 0.6 is 0 Å². The van der Waals surface area contributed by atoms with Crippen LogP contribution in [0.3, 0.4) is 0 Å². The number of carbonyl (C=O) groups excluding carboxylic acids is 1. The minimum absolute atomic E-state index is 0.0111. The van der Waals surface area contributed by atoms with E-state index in [-0.39, 0.29) is 11.9 Å². The number of hydrogen-bond donors (Lipinski definition) is 0. The van der Waals surface area contributed by atoms with Crippen LogP contribution in [-0.2, 0) is 11.2 Å². The van der Waals surface area contributed by atoms with Crippen LogP contribution in [0.4, 0.5) is 5.69 Å². The molecule has 1 aliphatic heterocycles. The van der Waals surface area contributed by atoms with Crippen LogP contribution in [0.5, 0.6) is 0 Å². The van der Waals surface area contributed by atoms with E-state index in [0.717, 1.165) is 31.6 Å². The Bertz CT molecular complexity index is 743. The van der Waals surface area contributed by atoms with Gasteiger partial charge in [-0.3, -0.25) is 9.69 Å². The summed E-state index contributed by atoms with van der Waals surface area (Å²) >= 11 is 0. The Labute approximate surface area is 163 Å². The molecule has 3 rings (SSSR count). The second-order valence-corrected chi connectivity index (χ2v) is 7.61.